The van der Waals surface area contributed by atoms with Crippen LogP contribution in [0.25, 0.3) is 0 Å². The van der Waals surface area contributed by atoms with Crippen molar-refractivity contribution in [2.45, 2.75) is 62.9 Å². The summed E-state index contributed by atoms with van der Waals surface area (Å²) in [5.74, 6) is 1.36. The Labute approximate surface area is 195 Å². The summed E-state index contributed by atoms with van der Waals surface area (Å²) < 4.78 is 29.0. The van der Waals surface area contributed by atoms with Crippen LogP contribution in [0.5, 0.6) is 11.5 Å². The van der Waals surface area contributed by atoms with Crippen LogP contribution < -0.4 is 15.2 Å². The maximum atomic E-state index is 12.9. The van der Waals surface area contributed by atoms with Crippen molar-refractivity contribution in [2.24, 2.45) is 17.0 Å². The van der Waals surface area contributed by atoms with Gasteiger partial charge in [-0.25, -0.2) is 13.6 Å². The SMILES string of the molecule is C[C@@H]1CC[C@@H]2[C@@H](C1)c1c(ccc(C(=O)NCCc3ccc(S(N)(=O)=O)cc3)c1O)OC2(C)C. The van der Waals surface area contributed by atoms with E-state index in [1.54, 1.807) is 24.3 Å². The van der Waals surface area contributed by atoms with Crippen molar-refractivity contribution in [3.8, 4) is 11.5 Å². The van der Waals surface area contributed by atoms with E-state index in [1.165, 1.54) is 12.1 Å². The number of rotatable bonds is 5. The van der Waals surface area contributed by atoms with E-state index >= 15 is 0 Å². The van der Waals surface area contributed by atoms with E-state index in [0.717, 1.165) is 30.4 Å². The third-order valence-electron chi connectivity index (χ3n) is 7.12. The molecular weight excluding hydrogens is 440 g/mol. The molecule has 8 heteroatoms. The molecule has 0 spiro atoms. The monoisotopic (exact) mass is 472 g/mol. The van der Waals surface area contributed by atoms with Crippen LogP contribution in [-0.2, 0) is 16.4 Å². The third-order valence-corrected chi connectivity index (χ3v) is 8.05. The lowest BCUT2D eigenvalue weighted by molar-refractivity contribution is -0.0145. The molecule has 1 heterocycles. The summed E-state index contributed by atoms with van der Waals surface area (Å²) in [5.41, 5.74) is 1.56. The molecule has 7 nitrogen and oxygen atoms in total. The molecular formula is C25H32N2O5S. The number of amides is 1. The summed E-state index contributed by atoms with van der Waals surface area (Å²) in [6.07, 6.45) is 3.67. The Kier molecular flexibility index (Phi) is 6.18. The van der Waals surface area contributed by atoms with E-state index in [1.807, 2.05) is 0 Å². The highest BCUT2D eigenvalue weighted by atomic mass is 32.2. The minimum Gasteiger partial charge on any atom is -0.507 e. The summed E-state index contributed by atoms with van der Waals surface area (Å²) in [5, 5.41) is 19.1. The highest BCUT2D eigenvalue weighted by molar-refractivity contribution is 7.89. The number of carbonyl (C=O) groups excluding carboxylic acids is 1. The van der Waals surface area contributed by atoms with Crippen molar-refractivity contribution in [3.05, 3.63) is 53.1 Å². The molecule has 2 aromatic rings. The molecule has 0 radical (unpaired) electrons. The summed E-state index contributed by atoms with van der Waals surface area (Å²) >= 11 is 0. The van der Waals surface area contributed by atoms with Gasteiger partial charge in [0.05, 0.1) is 10.5 Å². The average Bonchev–Trinajstić information content (AvgIpc) is 2.72. The first kappa shape index (κ1) is 23.6. The number of aromatic hydroxyl groups is 1. The van der Waals surface area contributed by atoms with Crippen molar-refractivity contribution in [3.63, 3.8) is 0 Å². The van der Waals surface area contributed by atoms with E-state index < -0.39 is 10.0 Å². The fraction of sp³-hybridized carbons (Fsp3) is 0.480. The Morgan fingerprint density at radius 1 is 1.18 bits per heavy atom. The molecule has 0 unspecified atom stereocenters. The molecule has 33 heavy (non-hydrogen) atoms. The molecule has 2 aliphatic rings. The second-order valence-electron chi connectivity index (χ2n) is 9.91. The van der Waals surface area contributed by atoms with Gasteiger partial charge in [0.15, 0.2) is 0 Å². The quantitative estimate of drug-likeness (QED) is 0.613. The fourth-order valence-electron chi connectivity index (χ4n) is 5.37. The lowest BCUT2D eigenvalue weighted by Crippen LogP contribution is -2.46. The predicted octanol–water partition coefficient (Wildman–Crippen LogP) is 3.70. The van der Waals surface area contributed by atoms with Crippen LogP contribution >= 0.6 is 0 Å². The van der Waals surface area contributed by atoms with Gasteiger partial charge in [0.1, 0.15) is 17.1 Å². The molecule has 4 N–H and O–H groups in total. The zero-order valence-electron chi connectivity index (χ0n) is 19.3. The van der Waals surface area contributed by atoms with Gasteiger partial charge in [0.25, 0.3) is 5.91 Å². The summed E-state index contributed by atoms with van der Waals surface area (Å²) in [6, 6.07) is 9.66. The molecule has 0 saturated heterocycles. The van der Waals surface area contributed by atoms with Crippen LogP contribution in [-0.4, -0.2) is 31.6 Å². The van der Waals surface area contributed by atoms with Crippen LogP contribution in [0.4, 0.5) is 0 Å². The molecule has 178 valence electrons. The van der Waals surface area contributed by atoms with Crippen LogP contribution in [0.2, 0.25) is 0 Å². The van der Waals surface area contributed by atoms with Gasteiger partial charge in [-0.3, -0.25) is 4.79 Å². The standard InChI is InChI=1S/C25H32N2O5S/c1-15-4-10-20-19(14-15)22-21(32-25(20,2)3)11-9-18(23(22)28)24(29)27-13-12-16-5-7-17(8-6-16)33(26,30)31/h5-9,11,15,19-20,28H,4,10,12-14H2,1-3H3,(H,27,29)(H2,26,30,31)/t15-,19-,20-/m1/s1. The number of hydrogen-bond acceptors (Lipinski definition) is 5. The number of phenolic OH excluding ortho intramolecular Hbond substituents is 1. The zero-order valence-corrected chi connectivity index (χ0v) is 20.1. The van der Waals surface area contributed by atoms with Gasteiger partial charge in [0, 0.05) is 18.0 Å². The maximum Gasteiger partial charge on any atom is 0.255 e. The third kappa shape index (κ3) is 4.73. The van der Waals surface area contributed by atoms with Crippen LogP contribution in [0, 0.1) is 11.8 Å². The number of nitrogens with one attached hydrogen (secondary N) is 1. The Morgan fingerprint density at radius 3 is 2.55 bits per heavy atom. The van der Waals surface area contributed by atoms with Gasteiger partial charge in [-0.1, -0.05) is 25.5 Å². The number of nitrogens with two attached hydrogens (primary N) is 1. The predicted molar refractivity (Wildman–Crippen MR) is 126 cm³/mol. The van der Waals surface area contributed by atoms with Gasteiger partial charge in [-0.2, -0.15) is 0 Å². The number of carbonyl (C=O) groups is 1. The largest absolute Gasteiger partial charge is 0.507 e. The molecule has 2 aromatic carbocycles. The number of benzene rings is 2. The van der Waals surface area contributed by atoms with E-state index in [9.17, 15) is 18.3 Å². The Balaban J connectivity index is 1.49. The minimum absolute atomic E-state index is 0.0158. The topological polar surface area (TPSA) is 119 Å². The fourth-order valence-corrected chi connectivity index (χ4v) is 5.89. The van der Waals surface area contributed by atoms with Crippen LogP contribution in [0.15, 0.2) is 41.3 Å². The summed E-state index contributed by atoms with van der Waals surface area (Å²) in [7, 11) is -3.73. The van der Waals surface area contributed by atoms with Crippen molar-refractivity contribution < 1.29 is 23.1 Å². The Bertz CT molecular complexity index is 1160. The van der Waals surface area contributed by atoms with Gasteiger partial charge in [-0.15, -0.1) is 0 Å². The van der Waals surface area contributed by atoms with Crippen molar-refractivity contribution in [1.29, 1.82) is 0 Å². The van der Waals surface area contributed by atoms with Crippen LogP contribution in [0.3, 0.4) is 0 Å². The molecule has 1 aliphatic heterocycles. The molecule has 0 bridgehead atoms. The normalized spacial score (nSPS) is 23.7. The average molecular weight is 473 g/mol. The number of phenols is 1. The summed E-state index contributed by atoms with van der Waals surface area (Å²) in [4.78, 5) is 12.9. The maximum absolute atomic E-state index is 12.9. The smallest absolute Gasteiger partial charge is 0.255 e. The van der Waals surface area contributed by atoms with Crippen molar-refractivity contribution in [2.75, 3.05) is 6.54 Å². The second kappa shape index (κ2) is 8.65. The molecule has 3 atom stereocenters. The number of ether oxygens (including phenoxy) is 1. The molecule has 1 amide bonds. The van der Waals surface area contributed by atoms with Crippen molar-refractivity contribution in [1.82, 2.24) is 5.32 Å². The van der Waals surface area contributed by atoms with Gasteiger partial charge in [-0.05, 0) is 74.8 Å². The van der Waals surface area contributed by atoms with Crippen LogP contribution in [0.1, 0.15) is 67.4 Å². The number of sulfonamides is 1. The number of fused-ring (bicyclic) bond motifs is 3. The first-order valence-electron chi connectivity index (χ1n) is 11.4. The van der Waals surface area contributed by atoms with Crippen molar-refractivity contribution >= 4 is 15.9 Å². The zero-order chi connectivity index (χ0) is 24.0. The molecule has 1 saturated carbocycles. The van der Waals surface area contributed by atoms with E-state index in [4.69, 9.17) is 9.88 Å². The van der Waals surface area contributed by atoms with Gasteiger partial charge in [0.2, 0.25) is 10.0 Å². The van der Waals surface area contributed by atoms with Gasteiger partial charge < -0.3 is 15.2 Å². The Hall–Kier alpha value is -2.58. The first-order valence-corrected chi connectivity index (χ1v) is 13.0. The molecule has 4 rings (SSSR count). The molecule has 1 aliphatic carbocycles. The lowest BCUT2D eigenvalue weighted by atomic mass is 9.64. The Morgan fingerprint density at radius 2 is 1.88 bits per heavy atom. The molecule has 1 fully saturated rings. The minimum atomic E-state index is -3.73. The highest BCUT2D eigenvalue weighted by Gasteiger charge is 2.47. The van der Waals surface area contributed by atoms with E-state index in [-0.39, 0.29) is 33.6 Å². The summed E-state index contributed by atoms with van der Waals surface area (Å²) in [6.45, 7) is 6.80. The van der Waals surface area contributed by atoms with E-state index in [0.29, 0.717) is 30.6 Å². The second-order valence-corrected chi connectivity index (χ2v) is 11.5. The number of primary sulfonamides is 1. The number of hydrogen-bond donors (Lipinski definition) is 3. The van der Waals surface area contributed by atoms with E-state index in [2.05, 4.69) is 26.1 Å². The first-order chi connectivity index (χ1) is 15.5. The highest BCUT2D eigenvalue weighted by Crippen LogP contribution is 2.55. The lowest BCUT2D eigenvalue weighted by Gasteiger charge is -2.48. The molecule has 0 aromatic heterocycles. The van der Waals surface area contributed by atoms with Gasteiger partial charge >= 0.3 is 0 Å².